The lowest BCUT2D eigenvalue weighted by atomic mass is 10.0. The quantitative estimate of drug-likeness (QED) is 0.390. The number of fused-ring (bicyclic) bond motifs is 1. The molecule has 0 unspecified atom stereocenters. The maximum atomic E-state index is 14.4. The summed E-state index contributed by atoms with van der Waals surface area (Å²) in [5.74, 6) is -3.71. The van der Waals surface area contributed by atoms with Gasteiger partial charge in [-0.15, -0.1) is 11.3 Å². The summed E-state index contributed by atoms with van der Waals surface area (Å²) in [6, 6.07) is 8.05. The fourth-order valence-electron chi connectivity index (χ4n) is 3.08. The fourth-order valence-corrected chi connectivity index (χ4v) is 4.07. The summed E-state index contributed by atoms with van der Waals surface area (Å²) in [5.41, 5.74) is -0.0752. The minimum Gasteiger partial charge on any atom is -0.451 e. The van der Waals surface area contributed by atoms with Crippen LogP contribution in [0.1, 0.15) is 28.0 Å². The monoisotopic (exact) mass is 433 g/mol. The Kier molecular flexibility index (Phi) is 5.10. The van der Waals surface area contributed by atoms with Crippen molar-refractivity contribution in [2.45, 2.75) is 13.2 Å². The van der Waals surface area contributed by atoms with Crippen LogP contribution in [0.5, 0.6) is 0 Å². The second kappa shape index (κ2) is 7.60. The number of carbonyl (C=O) groups is 1. The van der Waals surface area contributed by atoms with Gasteiger partial charge in [0.05, 0.1) is 10.9 Å². The van der Waals surface area contributed by atoms with Gasteiger partial charge < -0.3 is 19.9 Å². The van der Waals surface area contributed by atoms with Gasteiger partial charge in [0.25, 0.3) is 5.91 Å². The van der Waals surface area contributed by atoms with Gasteiger partial charge in [0.1, 0.15) is 16.4 Å². The van der Waals surface area contributed by atoms with E-state index >= 15 is 0 Å². The van der Waals surface area contributed by atoms with Gasteiger partial charge in [-0.25, -0.2) is 13.2 Å². The fraction of sp³-hybridized carbons (Fsp3) is 0.0952. The third-order valence-corrected chi connectivity index (χ3v) is 5.52. The van der Waals surface area contributed by atoms with E-state index in [2.05, 4.69) is 5.32 Å². The number of benzene rings is 2. The van der Waals surface area contributed by atoms with Gasteiger partial charge in [0.15, 0.2) is 23.7 Å². The topological polar surface area (TPSA) is 82.7 Å². The summed E-state index contributed by atoms with van der Waals surface area (Å²) >= 11 is 0.894. The molecule has 30 heavy (non-hydrogen) atoms. The molecule has 0 bridgehead atoms. The highest BCUT2D eigenvalue weighted by atomic mass is 32.1. The van der Waals surface area contributed by atoms with Crippen LogP contribution in [0.3, 0.4) is 0 Å². The number of rotatable bonds is 4. The SMILES string of the molecule is Cc1ccc(-c2csc(NC(=O)c3cc4c(F)cccc4o3)c2C(O)O)c(F)c1F. The van der Waals surface area contributed by atoms with Crippen LogP contribution in [-0.2, 0) is 0 Å². The molecule has 0 spiro atoms. The Balaban J connectivity index is 1.72. The lowest BCUT2D eigenvalue weighted by Crippen LogP contribution is -2.12. The van der Waals surface area contributed by atoms with E-state index in [1.165, 1.54) is 48.7 Å². The highest BCUT2D eigenvalue weighted by molar-refractivity contribution is 7.15. The average Bonchev–Trinajstić information content (AvgIpc) is 3.31. The molecule has 0 atom stereocenters. The molecule has 9 heteroatoms. The summed E-state index contributed by atoms with van der Waals surface area (Å²) in [6.07, 6.45) is -2.07. The Hall–Kier alpha value is -3.14. The molecule has 0 fully saturated rings. The third kappa shape index (κ3) is 3.36. The van der Waals surface area contributed by atoms with E-state index in [0.29, 0.717) is 0 Å². The molecule has 2 aromatic carbocycles. The van der Waals surface area contributed by atoms with Crippen molar-refractivity contribution >= 4 is 33.2 Å². The Labute approximate surface area is 172 Å². The maximum Gasteiger partial charge on any atom is 0.292 e. The first-order valence-electron chi connectivity index (χ1n) is 8.69. The second-order valence-electron chi connectivity index (χ2n) is 6.54. The van der Waals surface area contributed by atoms with E-state index in [4.69, 9.17) is 4.42 Å². The standard InChI is InChI=1S/C21H14F3NO4S/c1-9-5-6-10(18(24)17(9)23)12-8-30-20(16(12)21(27)28)25-19(26)15-7-11-13(22)3-2-4-14(11)29-15/h2-8,21,27-28H,1H3,(H,25,26). The number of aliphatic hydroxyl groups is 2. The molecular formula is C21H14F3NO4S. The van der Waals surface area contributed by atoms with Crippen molar-refractivity contribution in [3.63, 3.8) is 0 Å². The van der Waals surface area contributed by atoms with E-state index in [1.54, 1.807) is 0 Å². The molecule has 5 nitrogen and oxygen atoms in total. The first-order chi connectivity index (χ1) is 14.3. The summed E-state index contributed by atoms with van der Waals surface area (Å²) < 4.78 is 47.6. The summed E-state index contributed by atoms with van der Waals surface area (Å²) in [5, 5.41) is 23.6. The number of aliphatic hydroxyl groups excluding tert-OH is 1. The maximum absolute atomic E-state index is 14.4. The molecule has 0 saturated heterocycles. The van der Waals surface area contributed by atoms with Crippen LogP contribution in [0.2, 0.25) is 0 Å². The molecule has 4 rings (SSSR count). The van der Waals surface area contributed by atoms with Gasteiger partial charge in [-0.1, -0.05) is 18.2 Å². The largest absolute Gasteiger partial charge is 0.451 e. The Morgan fingerprint density at radius 3 is 2.57 bits per heavy atom. The van der Waals surface area contributed by atoms with Crippen LogP contribution in [0.15, 0.2) is 46.2 Å². The molecule has 1 amide bonds. The molecule has 154 valence electrons. The predicted molar refractivity (Wildman–Crippen MR) is 106 cm³/mol. The van der Waals surface area contributed by atoms with Crippen LogP contribution in [0.4, 0.5) is 18.2 Å². The molecule has 0 aliphatic heterocycles. The van der Waals surface area contributed by atoms with Crippen molar-refractivity contribution in [3.8, 4) is 11.1 Å². The predicted octanol–water partition coefficient (Wildman–Crippen LogP) is 5.12. The van der Waals surface area contributed by atoms with Crippen LogP contribution >= 0.6 is 11.3 Å². The molecule has 2 aromatic heterocycles. The number of thiophene rings is 1. The highest BCUT2D eigenvalue weighted by Crippen LogP contribution is 2.40. The lowest BCUT2D eigenvalue weighted by Gasteiger charge is -2.11. The van der Waals surface area contributed by atoms with E-state index < -0.39 is 29.6 Å². The van der Waals surface area contributed by atoms with Crippen LogP contribution < -0.4 is 5.32 Å². The van der Waals surface area contributed by atoms with E-state index in [1.807, 2.05) is 0 Å². The molecule has 0 aliphatic rings. The molecule has 0 saturated carbocycles. The summed E-state index contributed by atoms with van der Waals surface area (Å²) in [7, 11) is 0. The minimum absolute atomic E-state index is 0.00584. The normalized spacial score (nSPS) is 11.4. The summed E-state index contributed by atoms with van der Waals surface area (Å²) in [4.78, 5) is 12.6. The Morgan fingerprint density at radius 1 is 1.10 bits per heavy atom. The Bertz CT molecular complexity index is 1280. The zero-order valence-corrected chi connectivity index (χ0v) is 16.2. The molecule has 3 N–H and O–H groups in total. The number of furan rings is 1. The molecule has 2 heterocycles. The smallest absolute Gasteiger partial charge is 0.292 e. The van der Waals surface area contributed by atoms with Crippen molar-refractivity contribution < 1.29 is 32.6 Å². The van der Waals surface area contributed by atoms with Crippen LogP contribution in [0.25, 0.3) is 22.1 Å². The van der Waals surface area contributed by atoms with Crippen molar-refractivity contribution in [2.24, 2.45) is 0 Å². The van der Waals surface area contributed by atoms with Gasteiger partial charge in [0.2, 0.25) is 0 Å². The van der Waals surface area contributed by atoms with Gasteiger partial charge in [-0.3, -0.25) is 4.79 Å². The number of halogens is 3. The van der Waals surface area contributed by atoms with Crippen molar-refractivity contribution in [1.82, 2.24) is 0 Å². The van der Waals surface area contributed by atoms with E-state index in [0.717, 1.165) is 11.3 Å². The molecule has 0 aliphatic carbocycles. The average molecular weight is 433 g/mol. The number of hydrogen-bond donors (Lipinski definition) is 3. The minimum atomic E-state index is -2.07. The number of amides is 1. The highest BCUT2D eigenvalue weighted by Gasteiger charge is 2.25. The molecular weight excluding hydrogens is 419 g/mol. The van der Waals surface area contributed by atoms with Crippen molar-refractivity contribution in [2.75, 3.05) is 5.32 Å². The molecule has 0 radical (unpaired) electrons. The van der Waals surface area contributed by atoms with E-state index in [-0.39, 0.29) is 44.0 Å². The molecule has 4 aromatic rings. The lowest BCUT2D eigenvalue weighted by molar-refractivity contribution is -0.0411. The van der Waals surface area contributed by atoms with Crippen LogP contribution in [0, 0.1) is 24.4 Å². The third-order valence-electron chi connectivity index (χ3n) is 4.61. The van der Waals surface area contributed by atoms with Gasteiger partial charge in [-0.05, 0) is 24.6 Å². The van der Waals surface area contributed by atoms with E-state index in [9.17, 15) is 28.2 Å². The zero-order valence-electron chi connectivity index (χ0n) is 15.4. The van der Waals surface area contributed by atoms with Crippen molar-refractivity contribution in [3.05, 3.63) is 76.1 Å². The van der Waals surface area contributed by atoms with Crippen LogP contribution in [-0.4, -0.2) is 16.1 Å². The number of aryl methyl sites for hydroxylation is 1. The first kappa shape index (κ1) is 20.1. The zero-order chi connectivity index (χ0) is 21.6. The number of hydrogen-bond acceptors (Lipinski definition) is 5. The Morgan fingerprint density at radius 2 is 1.87 bits per heavy atom. The number of anilines is 1. The second-order valence-corrected chi connectivity index (χ2v) is 7.42. The van der Waals surface area contributed by atoms with Gasteiger partial charge in [0, 0.05) is 22.6 Å². The van der Waals surface area contributed by atoms with Crippen molar-refractivity contribution in [1.29, 1.82) is 0 Å². The van der Waals surface area contributed by atoms with Gasteiger partial charge in [-0.2, -0.15) is 0 Å². The number of carbonyl (C=O) groups excluding carboxylic acids is 1. The van der Waals surface area contributed by atoms with Gasteiger partial charge >= 0.3 is 0 Å². The number of nitrogens with one attached hydrogen (secondary N) is 1. The summed E-state index contributed by atoms with van der Waals surface area (Å²) in [6.45, 7) is 1.40. The first-order valence-corrected chi connectivity index (χ1v) is 9.57.